The highest BCUT2D eigenvalue weighted by Crippen LogP contribution is 2.44. The minimum Gasteiger partial charge on any atom is -0.504 e. The zero-order valence-corrected chi connectivity index (χ0v) is 13.7. The maximum atomic E-state index is 12.5. The Kier molecular flexibility index (Phi) is 2.97. The average Bonchev–Trinajstić information content (AvgIpc) is 3.16. The summed E-state index contributed by atoms with van der Waals surface area (Å²) in [5, 5.41) is 19.5. The van der Waals surface area contributed by atoms with Crippen molar-refractivity contribution in [1.82, 2.24) is 0 Å². The van der Waals surface area contributed by atoms with Gasteiger partial charge in [0.05, 0.1) is 5.56 Å². The van der Waals surface area contributed by atoms with Crippen molar-refractivity contribution in [3.63, 3.8) is 0 Å². The summed E-state index contributed by atoms with van der Waals surface area (Å²) in [6, 6.07) is 17.1. The highest BCUT2D eigenvalue weighted by Gasteiger charge is 2.31. The molecule has 2 aliphatic rings. The molecule has 2 N–H and O–H groups in total. The van der Waals surface area contributed by atoms with Gasteiger partial charge >= 0.3 is 0 Å². The topological polar surface area (TPSA) is 66.8 Å². The quantitative estimate of drug-likeness (QED) is 0.400. The molecule has 0 amide bonds. The third kappa shape index (κ3) is 2.05. The van der Waals surface area contributed by atoms with E-state index in [-0.39, 0.29) is 28.6 Å². The summed E-state index contributed by atoms with van der Waals surface area (Å²) in [7, 11) is 0. The normalized spacial score (nSPS) is 15.5. The van der Waals surface area contributed by atoms with Crippen LogP contribution in [-0.2, 0) is 6.42 Å². The Morgan fingerprint density at radius 2 is 1.65 bits per heavy atom. The van der Waals surface area contributed by atoms with Crippen molar-refractivity contribution in [2.24, 2.45) is 0 Å². The van der Waals surface area contributed by atoms with Gasteiger partial charge in [-0.25, -0.2) is 0 Å². The van der Waals surface area contributed by atoms with E-state index in [9.17, 15) is 15.0 Å². The summed E-state index contributed by atoms with van der Waals surface area (Å²) in [5.74, 6) is -0.887. The molecule has 26 heavy (non-hydrogen) atoms. The minimum absolute atomic E-state index is 0.00909. The minimum atomic E-state index is -0.413. The van der Waals surface area contributed by atoms with Crippen LogP contribution in [0.25, 0.3) is 17.2 Å². The van der Waals surface area contributed by atoms with Crippen molar-refractivity contribution >= 4 is 11.9 Å². The SMILES string of the molecule is O=C1/C(=C/c2ccc3c(c2)Cc2ccccc2-3)Oc2c1ccc(O)c2O. The molecule has 0 atom stereocenters. The molecule has 0 aromatic heterocycles. The average molecular weight is 342 g/mol. The number of carbonyl (C=O) groups excluding carboxylic acids is 1. The first kappa shape index (κ1) is 14.8. The lowest BCUT2D eigenvalue weighted by Crippen LogP contribution is -1.98. The smallest absolute Gasteiger partial charge is 0.232 e. The Hall–Kier alpha value is -3.53. The molecule has 3 aromatic rings. The van der Waals surface area contributed by atoms with Crippen molar-refractivity contribution < 1.29 is 19.7 Å². The zero-order chi connectivity index (χ0) is 17.8. The lowest BCUT2D eigenvalue weighted by Gasteiger charge is -2.04. The maximum absolute atomic E-state index is 12.5. The van der Waals surface area contributed by atoms with Crippen LogP contribution in [0, 0.1) is 0 Å². The van der Waals surface area contributed by atoms with Gasteiger partial charge in [0.15, 0.2) is 17.3 Å². The molecule has 0 fully saturated rings. The summed E-state index contributed by atoms with van der Waals surface area (Å²) in [4.78, 5) is 12.5. The van der Waals surface area contributed by atoms with Gasteiger partial charge in [0, 0.05) is 0 Å². The Labute approximate surface area is 149 Å². The maximum Gasteiger partial charge on any atom is 0.232 e. The summed E-state index contributed by atoms with van der Waals surface area (Å²) >= 11 is 0. The summed E-state index contributed by atoms with van der Waals surface area (Å²) in [6.07, 6.45) is 2.54. The molecule has 0 unspecified atom stereocenters. The van der Waals surface area contributed by atoms with Crippen LogP contribution in [0.2, 0.25) is 0 Å². The van der Waals surface area contributed by atoms with Gasteiger partial charge in [0.25, 0.3) is 0 Å². The van der Waals surface area contributed by atoms with E-state index in [0.29, 0.717) is 0 Å². The fourth-order valence-corrected chi connectivity index (χ4v) is 3.63. The lowest BCUT2D eigenvalue weighted by atomic mass is 10.0. The second-order valence-electron chi connectivity index (χ2n) is 6.50. The number of rotatable bonds is 1. The first-order valence-electron chi connectivity index (χ1n) is 8.32. The molecule has 3 aromatic carbocycles. The first-order chi connectivity index (χ1) is 12.6. The molecule has 1 aliphatic heterocycles. The van der Waals surface area contributed by atoms with Crippen molar-refractivity contribution in [2.75, 3.05) is 0 Å². The Balaban J connectivity index is 1.52. The highest BCUT2D eigenvalue weighted by atomic mass is 16.5. The number of aromatic hydroxyl groups is 2. The van der Waals surface area contributed by atoms with Crippen LogP contribution in [0.4, 0.5) is 0 Å². The van der Waals surface area contributed by atoms with Gasteiger partial charge in [0.1, 0.15) is 0 Å². The molecular formula is C22H14O4. The molecule has 4 nitrogen and oxygen atoms in total. The summed E-state index contributed by atoms with van der Waals surface area (Å²) in [5.41, 5.74) is 6.09. The van der Waals surface area contributed by atoms with Crippen molar-refractivity contribution in [1.29, 1.82) is 0 Å². The largest absolute Gasteiger partial charge is 0.504 e. The molecule has 1 heterocycles. The van der Waals surface area contributed by atoms with Gasteiger partial charge in [-0.2, -0.15) is 0 Å². The van der Waals surface area contributed by atoms with Gasteiger partial charge in [-0.05, 0) is 52.4 Å². The van der Waals surface area contributed by atoms with Crippen LogP contribution < -0.4 is 4.74 Å². The zero-order valence-electron chi connectivity index (χ0n) is 13.7. The number of hydrogen-bond donors (Lipinski definition) is 2. The van der Waals surface area contributed by atoms with Crippen LogP contribution in [0.5, 0.6) is 17.2 Å². The molecule has 126 valence electrons. The van der Waals surface area contributed by atoms with Crippen LogP contribution in [-0.4, -0.2) is 16.0 Å². The van der Waals surface area contributed by atoms with E-state index in [0.717, 1.165) is 12.0 Å². The fourth-order valence-electron chi connectivity index (χ4n) is 3.63. The number of hydrogen-bond acceptors (Lipinski definition) is 4. The number of ketones is 1. The van der Waals surface area contributed by atoms with Crippen LogP contribution in [0.15, 0.2) is 60.4 Å². The van der Waals surface area contributed by atoms with Gasteiger partial charge in [-0.15, -0.1) is 0 Å². The first-order valence-corrected chi connectivity index (χ1v) is 8.32. The second-order valence-corrected chi connectivity index (χ2v) is 6.50. The number of ether oxygens (including phenoxy) is 1. The number of allylic oxidation sites excluding steroid dienone is 1. The molecular weight excluding hydrogens is 328 g/mol. The van der Waals surface area contributed by atoms with E-state index in [1.165, 1.54) is 34.4 Å². The number of fused-ring (bicyclic) bond motifs is 4. The monoisotopic (exact) mass is 342 g/mol. The van der Waals surface area contributed by atoms with Gasteiger partial charge in [-0.3, -0.25) is 4.79 Å². The van der Waals surface area contributed by atoms with E-state index in [1.807, 2.05) is 18.2 Å². The van der Waals surface area contributed by atoms with Crippen molar-refractivity contribution in [3.8, 4) is 28.4 Å². The Morgan fingerprint density at radius 3 is 2.54 bits per heavy atom. The van der Waals surface area contributed by atoms with Crippen LogP contribution in [0.3, 0.4) is 0 Å². The Morgan fingerprint density at radius 1 is 0.885 bits per heavy atom. The van der Waals surface area contributed by atoms with Gasteiger partial charge in [-0.1, -0.05) is 42.5 Å². The lowest BCUT2D eigenvalue weighted by molar-refractivity contribution is 0.101. The molecule has 4 heteroatoms. The third-order valence-electron chi connectivity index (χ3n) is 4.91. The van der Waals surface area contributed by atoms with E-state index in [1.54, 1.807) is 6.08 Å². The molecule has 0 spiro atoms. The van der Waals surface area contributed by atoms with Crippen LogP contribution in [0.1, 0.15) is 27.0 Å². The highest BCUT2D eigenvalue weighted by molar-refractivity contribution is 6.15. The van der Waals surface area contributed by atoms with Crippen molar-refractivity contribution in [2.45, 2.75) is 6.42 Å². The summed E-state index contributed by atoms with van der Waals surface area (Å²) in [6.45, 7) is 0. The predicted molar refractivity (Wildman–Crippen MR) is 97.4 cm³/mol. The molecule has 0 bridgehead atoms. The van der Waals surface area contributed by atoms with Crippen molar-refractivity contribution in [3.05, 3.63) is 82.6 Å². The molecule has 5 rings (SSSR count). The summed E-state index contributed by atoms with van der Waals surface area (Å²) < 4.78 is 5.52. The number of phenolic OH excluding ortho intramolecular Hbond substituents is 2. The van der Waals surface area contributed by atoms with E-state index >= 15 is 0 Å². The number of carbonyl (C=O) groups is 1. The number of benzene rings is 3. The molecule has 0 saturated carbocycles. The second kappa shape index (κ2) is 5.23. The third-order valence-corrected chi connectivity index (χ3v) is 4.91. The number of Topliss-reactive ketones (excluding diaryl/α,β-unsaturated/α-hetero) is 1. The fraction of sp³-hybridized carbons (Fsp3) is 0.0455. The van der Waals surface area contributed by atoms with Gasteiger partial charge in [0.2, 0.25) is 11.5 Å². The van der Waals surface area contributed by atoms with E-state index < -0.39 is 5.75 Å². The van der Waals surface area contributed by atoms with Gasteiger partial charge < -0.3 is 14.9 Å². The molecule has 0 radical (unpaired) electrons. The van der Waals surface area contributed by atoms with E-state index in [4.69, 9.17) is 4.74 Å². The predicted octanol–water partition coefficient (Wildman–Crippen LogP) is 4.29. The van der Waals surface area contributed by atoms with Crippen LogP contribution >= 0.6 is 0 Å². The standard InChI is InChI=1S/C22H14O4/c23-18-8-7-17-20(24)19(26-22(17)21(18)25)10-12-5-6-16-14(9-12)11-13-3-1-2-4-15(13)16/h1-10,23,25H,11H2/b19-10-. The van der Waals surface area contributed by atoms with E-state index in [2.05, 4.69) is 24.3 Å². The molecule has 0 saturated heterocycles. The Bertz CT molecular complexity index is 1120. The number of phenols is 2. The molecule has 1 aliphatic carbocycles.